The number of furan rings is 1. The zero-order chi connectivity index (χ0) is 37.0. The number of hydrogen-bond acceptors (Lipinski definition) is 5. The average Bonchev–Trinajstić information content (AvgIpc) is 3.86. The van der Waals surface area contributed by atoms with Gasteiger partial charge in [-0.25, -0.2) is 15.0 Å². The van der Waals surface area contributed by atoms with E-state index in [4.69, 9.17) is 19.4 Å². The number of benzene rings is 8. The van der Waals surface area contributed by atoms with Crippen molar-refractivity contribution in [2.45, 2.75) is 0 Å². The molecule has 0 aliphatic rings. The van der Waals surface area contributed by atoms with Crippen molar-refractivity contribution in [2.24, 2.45) is 0 Å². The number of rotatable bonds is 6. The van der Waals surface area contributed by atoms with Gasteiger partial charge in [-0.15, -0.1) is 11.3 Å². The molecule has 0 radical (unpaired) electrons. The molecule has 11 aromatic rings. The number of fused-ring (bicyclic) bond motifs is 6. The van der Waals surface area contributed by atoms with E-state index in [2.05, 4.69) is 127 Å². The van der Waals surface area contributed by atoms with Crippen LogP contribution in [-0.2, 0) is 0 Å². The number of thiophene rings is 1. The van der Waals surface area contributed by atoms with Gasteiger partial charge in [-0.2, -0.15) is 0 Å². The fourth-order valence-electron chi connectivity index (χ4n) is 7.85. The van der Waals surface area contributed by atoms with Crippen molar-refractivity contribution in [2.75, 3.05) is 0 Å². The maximum Gasteiger partial charge on any atom is 0.164 e. The molecule has 0 bridgehead atoms. The largest absolute Gasteiger partial charge is 0.456 e. The van der Waals surface area contributed by atoms with Crippen LogP contribution in [0, 0.1) is 0 Å². The molecule has 11 rings (SSSR count). The molecular formula is C51H31N3OS. The Balaban J connectivity index is 0.998. The van der Waals surface area contributed by atoms with Crippen LogP contribution in [0.25, 0.3) is 110 Å². The lowest BCUT2D eigenvalue weighted by Crippen LogP contribution is -2.00. The third-order valence-corrected chi connectivity index (χ3v) is 11.9. The second kappa shape index (κ2) is 13.3. The first-order valence-corrected chi connectivity index (χ1v) is 19.5. The Morgan fingerprint density at radius 1 is 0.304 bits per heavy atom. The van der Waals surface area contributed by atoms with E-state index >= 15 is 0 Å². The number of hydrogen-bond donors (Lipinski definition) is 0. The minimum absolute atomic E-state index is 0.607. The summed E-state index contributed by atoms with van der Waals surface area (Å²) in [7, 11) is 0. The molecular weight excluding hydrogens is 703 g/mol. The number of aromatic nitrogens is 3. The molecule has 0 N–H and O–H groups in total. The van der Waals surface area contributed by atoms with Crippen molar-refractivity contribution >= 4 is 53.4 Å². The summed E-state index contributed by atoms with van der Waals surface area (Å²) in [5.74, 6) is 1.85. The van der Waals surface area contributed by atoms with E-state index in [9.17, 15) is 0 Å². The van der Waals surface area contributed by atoms with E-state index in [1.165, 1.54) is 48.0 Å². The van der Waals surface area contributed by atoms with Crippen LogP contribution in [0.15, 0.2) is 192 Å². The first-order chi connectivity index (χ1) is 27.7. The van der Waals surface area contributed by atoms with Gasteiger partial charge in [0, 0.05) is 47.6 Å². The minimum atomic E-state index is 0.607. The van der Waals surface area contributed by atoms with Crippen LogP contribution in [0.1, 0.15) is 0 Å². The smallest absolute Gasteiger partial charge is 0.164 e. The summed E-state index contributed by atoms with van der Waals surface area (Å²) in [6.45, 7) is 0. The van der Waals surface area contributed by atoms with Gasteiger partial charge in [-0.3, -0.25) is 0 Å². The maximum atomic E-state index is 6.23. The SMILES string of the molecule is c1ccc(-c2ccc(-c3cccc4c3sc3c(-c5ccc(-c6nc(-c7ccccc7)nc(-c7cccc8oc9ccccc9c78)n6)cc5)cccc34)cc2)cc1. The molecule has 0 fully saturated rings. The molecule has 5 heteroatoms. The molecule has 4 nitrogen and oxygen atoms in total. The zero-order valence-corrected chi connectivity index (χ0v) is 30.9. The van der Waals surface area contributed by atoms with Crippen molar-refractivity contribution in [1.29, 1.82) is 0 Å². The monoisotopic (exact) mass is 733 g/mol. The molecule has 0 unspecified atom stereocenters. The van der Waals surface area contributed by atoms with Crippen LogP contribution in [-0.4, -0.2) is 15.0 Å². The van der Waals surface area contributed by atoms with Gasteiger partial charge < -0.3 is 4.42 Å². The lowest BCUT2D eigenvalue weighted by molar-refractivity contribution is 0.669. The number of nitrogens with zero attached hydrogens (tertiary/aromatic N) is 3. The van der Waals surface area contributed by atoms with Crippen LogP contribution in [0.4, 0.5) is 0 Å². The molecule has 3 heterocycles. The Bertz CT molecular complexity index is 3220. The van der Waals surface area contributed by atoms with E-state index in [-0.39, 0.29) is 0 Å². The highest BCUT2D eigenvalue weighted by Crippen LogP contribution is 2.44. The third kappa shape index (κ3) is 5.48. The van der Waals surface area contributed by atoms with Gasteiger partial charge in [-0.1, -0.05) is 176 Å². The van der Waals surface area contributed by atoms with Crippen molar-refractivity contribution < 1.29 is 4.42 Å². The first-order valence-electron chi connectivity index (χ1n) is 18.7. The fraction of sp³-hybridized carbons (Fsp3) is 0. The van der Waals surface area contributed by atoms with Gasteiger partial charge in [-0.05, 0) is 45.5 Å². The summed E-state index contributed by atoms with van der Waals surface area (Å²) in [6, 6.07) is 65.7. The summed E-state index contributed by atoms with van der Waals surface area (Å²) in [5.41, 5.74) is 11.7. The molecule has 0 saturated carbocycles. The molecule has 3 aromatic heterocycles. The zero-order valence-electron chi connectivity index (χ0n) is 30.1. The number of para-hydroxylation sites is 1. The molecule has 262 valence electrons. The Kier molecular flexibility index (Phi) is 7.64. The Morgan fingerprint density at radius 3 is 1.38 bits per heavy atom. The maximum absolute atomic E-state index is 6.23. The average molecular weight is 734 g/mol. The second-order valence-corrected chi connectivity index (χ2v) is 15.0. The highest BCUT2D eigenvalue weighted by atomic mass is 32.1. The van der Waals surface area contributed by atoms with E-state index in [0.717, 1.165) is 44.2 Å². The standard InChI is InChI=1S/C51H31N3OS/c1-3-12-32(13-4-1)33-24-26-34(27-25-33)38-17-9-19-40-41-20-10-18-39(48(41)56-47(38)40)35-28-30-37(31-29-35)50-52-49(36-14-5-2-6-15-36)53-51(54-50)43-21-11-23-45-46(43)42-16-7-8-22-44(42)55-45/h1-31H. The van der Waals surface area contributed by atoms with Gasteiger partial charge in [0.05, 0.1) is 0 Å². The highest BCUT2D eigenvalue weighted by molar-refractivity contribution is 7.26. The van der Waals surface area contributed by atoms with Gasteiger partial charge in [0.15, 0.2) is 17.5 Å². The molecule has 56 heavy (non-hydrogen) atoms. The summed E-state index contributed by atoms with van der Waals surface area (Å²) < 4.78 is 8.80. The quantitative estimate of drug-likeness (QED) is 0.171. The van der Waals surface area contributed by atoms with Crippen LogP contribution >= 0.6 is 11.3 Å². The van der Waals surface area contributed by atoms with Crippen molar-refractivity contribution in [3.63, 3.8) is 0 Å². The van der Waals surface area contributed by atoms with Gasteiger partial charge >= 0.3 is 0 Å². The predicted octanol–water partition coefficient (Wildman–Crippen LogP) is 14.1. The lowest BCUT2D eigenvalue weighted by Gasteiger charge is -2.10. The van der Waals surface area contributed by atoms with Gasteiger partial charge in [0.25, 0.3) is 0 Å². The molecule has 8 aromatic carbocycles. The summed E-state index contributed by atoms with van der Waals surface area (Å²) in [5, 5.41) is 4.58. The van der Waals surface area contributed by atoms with Crippen LogP contribution in [0.2, 0.25) is 0 Å². The Hall–Kier alpha value is -7.21. The van der Waals surface area contributed by atoms with Gasteiger partial charge in [0.1, 0.15) is 11.2 Å². The fourth-order valence-corrected chi connectivity index (χ4v) is 9.22. The van der Waals surface area contributed by atoms with Crippen LogP contribution in [0.5, 0.6) is 0 Å². The normalized spacial score (nSPS) is 11.6. The van der Waals surface area contributed by atoms with Crippen molar-refractivity contribution in [3.8, 4) is 67.5 Å². The van der Waals surface area contributed by atoms with E-state index in [1.54, 1.807) is 0 Å². The van der Waals surface area contributed by atoms with Gasteiger partial charge in [0.2, 0.25) is 0 Å². The van der Waals surface area contributed by atoms with E-state index < -0.39 is 0 Å². The van der Waals surface area contributed by atoms with Crippen molar-refractivity contribution in [1.82, 2.24) is 15.0 Å². The molecule has 0 amide bonds. The third-order valence-electron chi connectivity index (χ3n) is 10.6. The molecule has 0 saturated heterocycles. The lowest BCUT2D eigenvalue weighted by atomic mass is 9.98. The summed E-state index contributed by atoms with van der Waals surface area (Å²) in [4.78, 5) is 15.2. The minimum Gasteiger partial charge on any atom is -0.456 e. The van der Waals surface area contributed by atoms with E-state index in [1.807, 2.05) is 72.0 Å². The highest BCUT2D eigenvalue weighted by Gasteiger charge is 2.19. The van der Waals surface area contributed by atoms with E-state index in [0.29, 0.717) is 17.5 Å². The Labute approximate surface area is 327 Å². The molecule has 0 spiro atoms. The summed E-state index contributed by atoms with van der Waals surface area (Å²) in [6.07, 6.45) is 0. The predicted molar refractivity (Wildman–Crippen MR) is 233 cm³/mol. The first kappa shape index (κ1) is 32.2. The van der Waals surface area contributed by atoms with Crippen LogP contribution < -0.4 is 0 Å². The molecule has 0 aliphatic heterocycles. The molecule has 0 aliphatic carbocycles. The summed E-state index contributed by atoms with van der Waals surface area (Å²) >= 11 is 1.87. The topological polar surface area (TPSA) is 51.8 Å². The van der Waals surface area contributed by atoms with Crippen LogP contribution in [0.3, 0.4) is 0 Å². The Morgan fingerprint density at radius 2 is 0.732 bits per heavy atom. The second-order valence-electron chi connectivity index (χ2n) is 13.9. The van der Waals surface area contributed by atoms with Crippen molar-refractivity contribution in [3.05, 3.63) is 188 Å². The molecule has 0 atom stereocenters.